The third-order valence-electron chi connectivity index (χ3n) is 3.98. The average molecular weight is 409 g/mol. The number of nitrogens with two attached hydrogens (primary N) is 1. The summed E-state index contributed by atoms with van der Waals surface area (Å²) >= 11 is 7.44. The third kappa shape index (κ3) is 4.28. The number of nitriles is 1. The van der Waals surface area contributed by atoms with Crippen LogP contribution in [-0.2, 0) is 4.79 Å². The topological polar surface area (TPSA) is 84.7 Å². The minimum Gasteiger partial charge on any atom is -0.401 e. The molecule has 1 aromatic heterocycles. The monoisotopic (exact) mass is 408 g/mol. The summed E-state index contributed by atoms with van der Waals surface area (Å²) in [6.07, 6.45) is 1.76. The van der Waals surface area contributed by atoms with E-state index in [2.05, 4.69) is 4.98 Å². The Kier molecular flexibility index (Phi) is 6.19. The molecule has 28 heavy (non-hydrogen) atoms. The summed E-state index contributed by atoms with van der Waals surface area (Å²) in [5, 5.41) is 10.4. The summed E-state index contributed by atoms with van der Waals surface area (Å²) in [5.74, 6) is -0.266. The van der Waals surface area contributed by atoms with Crippen molar-refractivity contribution < 1.29 is 4.79 Å². The van der Waals surface area contributed by atoms with Gasteiger partial charge in [0.15, 0.2) is 10.9 Å². The molecule has 0 unspecified atom stereocenters. The van der Waals surface area contributed by atoms with Crippen molar-refractivity contribution in [1.82, 2.24) is 9.55 Å². The lowest BCUT2D eigenvalue weighted by molar-refractivity contribution is -0.112. The van der Waals surface area contributed by atoms with Gasteiger partial charge < -0.3 is 5.73 Å². The Bertz CT molecular complexity index is 1080. The van der Waals surface area contributed by atoms with Gasteiger partial charge in [-0.15, -0.1) is 0 Å². The second-order valence-corrected chi connectivity index (χ2v) is 7.37. The number of nitrogens with zero attached hydrogens (tertiary/aromatic N) is 3. The largest absolute Gasteiger partial charge is 0.401 e. The van der Waals surface area contributed by atoms with Gasteiger partial charge in [-0.3, -0.25) is 9.36 Å². The number of aromatic nitrogens is 2. The number of hydrogen-bond acceptors (Lipinski definition) is 5. The zero-order chi connectivity index (χ0) is 20.1. The zero-order valence-corrected chi connectivity index (χ0v) is 16.7. The first-order valence-corrected chi connectivity index (χ1v) is 9.79. The molecular formula is C21H17ClN4OS. The number of carbonyl (C=O) groups is 1. The van der Waals surface area contributed by atoms with Crippen LogP contribution in [0.4, 0.5) is 0 Å². The molecule has 0 radical (unpaired) electrons. The molecule has 0 saturated heterocycles. The van der Waals surface area contributed by atoms with E-state index in [9.17, 15) is 4.79 Å². The average Bonchev–Trinajstić information content (AvgIpc) is 3.11. The number of thioether (sulfide) groups is 1. The van der Waals surface area contributed by atoms with Gasteiger partial charge in [-0.2, -0.15) is 5.26 Å². The Morgan fingerprint density at radius 3 is 2.64 bits per heavy atom. The summed E-state index contributed by atoms with van der Waals surface area (Å²) in [5.41, 5.74) is 8.53. The molecule has 1 heterocycles. The first-order valence-electron chi connectivity index (χ1n) is 8.43. The van der Waals surface area contributed by atoms with Gasteiger partial charge in [0, 0.05) is 22.0 Å². The van der Waals surface area contributed by atoms with E-state index in [1.165, 1.54) is 11.8 Å². The quantitative estimate of drug-likeness (QED) is 0.365. The Balaban J connectivity index is 2.01. The second kappa shape index (κ2) is 8.79. The van der Waals surface area contributed by atoms with E-state index in [-0.39, 0.29) is 22.8 Å². The van der Waals surface area contributed by atoms with Gasteiger partial charge in [-0.1, -0.05) is 59.8 Å². The van der Waals surface area contributed by atoms with Crippen LogP contribution in [-0.4, -0.2) is 21.1 Å². The van der Waals surface area contributed by atoms with Crippen molar-refractivity contribution in [2.75, 3.05) is 5.75 Å². The summed E-state index contributed by atoms with van der Waals surface area (Å²) in [6, 6.07) is 19.1. The molecule has 0 amide bonds. The Labute approximate surface area is 172 Å². The number of hydrogen-bond donors (Lipinski definition) is 1. The highest BCUT2D eigenvalue weighted by Crippen LogP contribution is 2.31. The van der Waals surface area contributed by atoms with Crippen LogP contribution in [0.1, 0.15) is 6.92 Å². The maximum Gasteiger partial charge on any atom is 0.185 e. The number of benzene rings is 2. The lowest BCUT2D eigenvalue weighted by Crippen LogP contribution is -2.11. The van der Waals surface area contributed by atoms with Crippen LogP contribution in [0.15, 0.2) is 77.2 Å². The highest BCUT2D eigenvalue weighted by atomic mass is 35.5. The Morgan fingerprint density at radius 1 is 1.25 bits per heavy atom. The van der Waals surface area contributed by atoms with E-state index >= 15 is 0 Å². The zero-order valence-electron chi connectivity index (χ0n) is 15.1. The summed E-state index contributed by atoms with van der Waals surface area (Å²) in [6.45, 7) is 1.54. The number of halogens is 1. The van der Waals surface area contributed by atoms with E-state index in [0.717, 1.165) is 16.9 Å². The summed E-state index contributed by atoms with van der Waals surface area (Å²) in [7, 11) is 0. The molecule has 0 aliphatic carbocycles. The highest BCUT2D eigenvalue weighted by molar-refractivity contribution is 7.99. The van der Waals surface area contributed by atoms with Crippen LogP contribution in [0.2, 0.25) is 5.02 Å². The molecule has 0 saturated carbocycles. The number of rotatable bonds is 6. The molecule has 0 bridgehead atoms. The van der Waals surface area contributed by atoms with Gasteiger partial charge >= 0.3 is 0 Å². The molecule has 0 atom stereocenters. The Hall–Kier alpha value is -3.01. The van der Waals surface area contributed by atoms with Crippen molar-refractivity contribution in [2.24, 2.45) is 5.73 Å². The fourth-order valence-electron chi connectivity index (χ4n) is 2.69. The number of allylic oxidation sites excluding steroid dienone is 2. The number of Topliss-reactive ketones (excluding diaryl/α,β-unsaturated/α-hetero) is 1. The van der Waals surface area contributed by atoms with Crippen molar-refractivity contribution in [2.45, 2.75) is 12.1 Å². The summed E-state index contributed by atoms with van der Waals surface area (Å²) < 4.78 is 1.95. The fraction of sp³-hybridized carbons (Fsp3) is 0.0952. The normalized spacial score (nSPS) is 11.6. The molecule has 2 N–H and O–H groups in total. The van der Waals surface area contributed by atoms with E-state index in [1.807, 2.05) is 59.2 Å². The smallest absolute Gasteiger partial charge is 0.185 e. The standard InChI is InChI=1S/C21H17ClN4OS/c1-14(24)18(11-23)20(27)13-28-21-25-12-19(15-6-3-2-4-7-15)26(21)17-9-5-8-16(22)10-17/h2-10,12H,13,24H2,1H3. The predicted molar refractivity (Wildman–Crippen MR) is 112 cm³/mol. The van der Waals surface area contributed by atoms with Gasteiger partial charge in [0.25, 0.3) is 0 Å². The lowest BCUT2D eigenvalue weighted by atomic mass is 10.1. The van der Waals surface area contributed by atoms with Gasteiger partial charge in [-0.25, -0.2) is 4.98 Å². The van der Waals surface area contributed by atoms with E-state index in [4.69, 9.17) is 22.6 Å². The minimum atomic E-state index is -0.325. The van der Waals surface area contributed by atoms with Crippen molar-refractivity contribution >= 4 is 29.1 Å². The highest BCUT2D eigenvalue weighted by Gasteiger charge is 2.18. The van der Waals surface area contributed by atoms with Crippen LogP contribution in [0.25, 0.3) is 16.9 Å². The maximum absolute atomic E-state index is 12.3. The minimum absolute atomic E-state index is 0.0170. The first-order chi connectivity index (χ1) is 13.5. The lowest BCUT2D eigenvalue weighted by Gasteiger charge is -2.12. The van der Waals surface area contributed by atoms with E-state index in [1.54, 1.807) is 19.2 Å². The molecule has 0 fully saturated rings. The van der Waals surface area contributed by atoms with Crippen molar-refractivity contribution in [1.29, 1.82) is 5.26 Å². The molecule has 7 heteroatoms. The number of ketones is 1. The maximum atomic E-state index is 12.3. The molecule has 2 aromatic carbocycles. The fourth-order valence-corrected chi connectivity index (χ4v) is 3.74. The molecular weight excluding hydrogens is 392 g/mol. The molecule has 5 nitrogen and oxygen atoms in total. The van der Waals surface area contributed by atoms with Crippen molar-refractivity contribution in [3.05, 3.63) is 77.1 Å². The van der Waals surface area contributed by atoms with Crippen LogP contribution in [0.3, 0.4) is 0 Å². The van der Waals surface area contributed by atoms with E-state index in [0.29, 0.717) is 10.2 Å². The van der Waals surface area contributed by atoms with Crippen molar-refractivity contribution in [3.8, 4) is 23.0 Å². The second-order valence-electron chi connectivity index (χ2n) is 5.99. The summed E-state index contributed by atoms with van der Waals surface area (Å²) in [4.78, 5) is 16.8. The van der Waals surface area contributed by atoms with Gasteiger partial charge in [0.2, 0.25) is 0 Å². The molecule has 0 aliphatic rings. The van der Waals surface area contributed by atoms with Crippen LogP contribution in [0.5, 0.6) is 0 Å². The SMILES string of the molecule is CC(N)=C(C#N)C(=O)CSc1ncc(-c2ccccc2)n1-c1cccc(Cl)c1. The molecule has 140 valence electrons. The first kappa shape index (κ1) is 19.7. The van der Waals surface area contributed by atoms with Gasteiger partial charge in [0.1, 0.15) is 11.6 Å². The van der Waals surface area contributed by atoms with Crippen LogP contribution >= 0.6 is 23.4 Å². The number of carbonyl (C=O) groups excluding carboxylic acids is 1. The van der Waals surface area contributed by atoms with Crippen LogP contribution < -0.4 is 5.73 Å². The molecule has 0 aliphatic heterocycles. The molecule has 3 rings (SSSR count). The third-order valence-corrected chi connectivity index (χ3v) is 5.17. The number of imidazole rings is 1. The molecule has 0 spiro atoms. The van der Waals surface area contributed by atoms with Gasteiger partial charge in [-0.05, 0) is 25.1 Å². The van der Waals surface area contributed by atoms with Gasteiger partial charge in [0.05, 0.1) is 17.6 Å². The van der Waals surface area contributed by atoms with E-state index < -0.39 is 0 Å². The Morgan fingerprint density at radius 2 is 2.00 bits per heavy atom. The molecule has 3 aromatic rings. The predicted octanol–water partition coefficient (Wildman–Crippen LogP) is 4.61. The van der Waals surface area contributed by atoms with Crippen molar-refractivity contribution in [3.63, 3.8) is 0 Å². The van der Waals surface area contributed by atoms with Crippen LogP contribution in [0, 0.1) is 11.3 Å².